The first-order valence-corrected chi connectivity index (χ1v) is 7.05. The lowest BCUT2D eigenvalue weighted by atomic mass is 10.1. The number of hydrogen-bond acceptors (Lipinski definition) is 5. The predicted molar refractivity (Wildman–Crippen MR) is 65.5 cm³/mol. The van der Waals surface area contributed by atoms with Gasteiger partial charge in [0.05, 0.1) is 30.2 Å². The predicted octanol–water partition coefficient (Wildman–Crippen LogP) is 1.30. The van der Waals surface area contributed by atoms with E-state index in [0.717, 1.165) is 0 Å². The van der Waals surface area contributed by atoms with Gasteiger partial charge in [0, 0.05) is 6.42 Å². The van der Waals surface area contributed by atoms with Crippen molar-refractivity contribution in [2.45, 2.75) is 12.2 Å². The third-order valence-corrected chi connectivity index (χ3v) is 3.86. The Morgan fingerprint density at radius 3 is 2.78 bits per heavy atom. The van der Waals surface area contributed by atoms with Gasteiger partial charge in [0.15, 0.2) is 9.84 Å². The molecule has 96 valence electrons. The molecule has 1 aromatic carbocycles. The smallest absolute Gasteiger partial charge is 0.337 e. The molecule has 18 heavy (non-hydrogen) atoms. The molecular formula is C12H13NO4S. The topological polar surface area (TPSA) is 84.2 Å². The van der Waals surface area contributed by atoms with E-state index < -0.39 is 15.8 Å². The molecule has 1 aromatic rings. The van der Waals surface area contributed by atoms with Crippen LogP contribution < -0.4 is 0 Å². The van der Waals surface area contributed by atoms with Gasteiger partial charge >= 0.3 is 5.97 Å². The molecule has 1 rings (SSSR count). The van der Waals surface area contributed by atoms with Crippen LogP contribution in [0.2, 0.25) is 0 Å². The number of carbonyl (C=O) groups excluding carboxylic acids is 1. The minimum Gasteiger partial charge on any atom is -0.465 e. The van der Waals surface area contributed by atoms with E-state index in [4.69, 9.17) is 5.26 Å². The van der Waals surface area contributed by atoms with Gasteiger partial charge in [0.25, 0.3) is 0 Å². The fourth-order valence-corrected chi connectivity index (χ4v) is 2.67. The van der Waals surface area contributed by atoms with Crippen molar-refractivity contribution in [2.24, 2.45) is 0 Å². The first-order valence-electron chi connectivity index (χ1n) is 5.23. The lowest BCUT2D eigenvalue weighted by Crippen LogP contribution is -2.10. The first kappa shape index (κ1) is 14.2. The summed E-state index contributed by atoms with van der Waals surface area (Å²) in [5.74, 6) is -0.864. The first-order chi connectivity index (χ1) is 8.48. The minimum absolute atomic E-state index is 0.0287. The summed E-state index contributed by atoms with van der Waals surface area (Å²) in [5.41, 5.74) is 0.821. The van der Waals surface area contributed by atoms with Gasteiger partial charge in [-0.25, -0.2) is 13.2 Å². The van der Waals surface area contributed by atoms with Crippen LogP contribution in [0.5, 0.6) is 0 Å². The second-order valence-corrected chi connectivity index (χ2v) is 5.88. The summed E-state index contributed by atoms with van der Waals surface area (Å²) in [4.78, 5) is 11.3. The van der Waals surface area contributed by atoms with Crippen molar-refractivity contribution in [1.82, 2.24) is 0 Å². The number of nitriles is 1. The highest BCUT2D eigenvalue weighted by Gasteiger charge is 2.13. The highest BCUT2D eigenvalue weighted by atomic mass is 32.2. The second kappa shape index (κ2) is 6.17. The second-order valence-electron chi connectivity index (χ2n) is 3.69. The summed E-state index contributed by atoms with van der Waals surface area (Å²) in [5, 5.41) is 8.37. The average molecular weight is 267 g/mol. The Kier molecular flexibility index (Phi) is 4.86. The Bertz CT molecular complexity index is 572. The molecule has 0 amide bonds. The molecule has 0 saturated carbocycles. The number of carbonyl (C=O) groups is 1. The van der Waals surface area contributed by atoms with Gasteiger partial charge in [-0.2, -0.15) is 5.26 Å². The van der Waals surface area contributed by atoms with Crippen LogP contribution in [0.25, 0.3) is 0 Å². The van der Waals surface area contributed by atoms with Gasteiger partial charge in [-0.15, -0.1) is 0 Å². The monoisotopic (exact) mass is 267 g/mol. The molecule has 0 aromatic heterocycles. The Morgan fingerprint density at radius 2 is 2.17 bits per heavy atom. The number of sulfone groups is 1. The average Bonchev–Trinajstić information content (AvgIpc) is 2.35. The molecule has 0 aliphatic heterocycles. The maximum absolute atomic E-state index is 11.6. The van der Waals surface area contributed by atoms with Crippen molar-refractivity contribution >= 4 is 15.8 Å². The normalized spacial score (nSPS) is 10.7. The molecule has 0 spiro atoms. The Hall–Kier alpha value is -1.87. The van der Waals surface area contributed by atoms with Gasteiger partial charge in [0.1, 0.15) is 0 Å². The molecular weight excluding hydrogens is 254 g/mol. The van der Waals surface area contributed by atoms with E-state index in [-0.39, 0.29) is 17.9 Å². The molecule has 5 nitrogen and oxygen atoms in total. The van der Waals surface area contributed by atoms with E-state index >= 15 is 0 Å². The lowest BCUT2D eigenvalue weighted by Gasteiger charge is -2.04. The molecule has 0 atom stereocenters. The zero-order chi connectivity index (χ0) is 13.6. The van der Waals surface area contributed by atoms with Crippen LogP contribution in [-0.4, -0.2) is 27.2 Å². The lowest BCUT2D eigenvalue weighted by molar-refractivity contribution is 0.0600. The highest BCUT2D eigenvalue weighted by Crippen LogP contribution is 2.11. The fourth-order valence-electron chi connectivity index (χ4n) is 1.43. The molecule has 0 aliphatic carbocycles. The molecule has 0 radical (unpaired) electrons. The summed E-state index contributed by atoms with van der Waals surface area (Å²) in [6.45, 7) is 0. The summed E-state index contributed by atoms with van der Waals surface area (Å²) < 4.78 is 27.8. The van der Waals surface area contributed by atoms with Crippen LogP contribution in [0.3, 0.4) is 0 Å². The quantitative estimate of drug-likeness (QED) is 0.751. The van der Waals surface area contributed by atoms with Gasteiger partial charge < -0.3 is 4.74 Å². The number of rotatable bonds is 5. The SMILES string of the molecule is COC(=O)c1cccc(CS(=O)(=O)CCC#N)c1. The highest BCUT2D eigenvalue weighted by molar-refractivity contribution is 7.90. The van der Waals surface area contributed by atoms with Crippen molar-refractivity contribution in [3.8, 4) is 6.07 Å². The number of nitrogens with zero attached hydrogens (tertiary/aromatic N) is 1. The van der Waals surface area contributed by atoms with E-state index in [1.807, 2.05) is 0 Å². The molecule has 0 fully saturated rings. The Balaban J connectivity index is 2.86. The summed E-state index contributed by atoms with van der Waals surface area (Å²) in [6, 6.07) is 8.05. The largest absolute Gasteiger partial charge is 0.465 e. The van der Waals surface area contributed by atoms with E-state index in [9.17, 15) is 13.2 Å². The Labute approximate surface area is 106 Å². The van der Waals surface area contributed by atoms with Crippen LogP contribution in [-0.2, 0) is 20.3 Å². The van der Waals surface area contributed by atoms with Crippen molar-refractivity contribution in [3.63, 3.8) is 0 Å². The number of ether oxygens (including phenoxy) is 1. The maximum atomic E-state index is 11.6. The van der Waals surface area contributed by atoms with Crippen LogP contribution in [0.4, 0.5) is 0 Å². The number of esters is 1. The van der Waals surface area contributed by atoms with Crippen molar-refractivity contribution in [1.29, 1.82) is 5.26 Å². The summed E-state index contributed by atoms with van der Waals surface area (Å²) in [6.07, 6.45) is -0.0287. The number of methoxy groups -OCH3 is 1. The van der Waals surface area contributed by atoms with E-state index in [0.29, 0.717) is 11.1 Å². The van der Waals surface area contributed by atoms with E-state index in [1.54, 1.807) is 24.3 Å². The van der Waals surface area contributed by atoms with Crippen LogP contribution >= 0.6 is 0 Å². The third-order valence-electron chi connectivity index (χ3n) is 2.26. The molecule has 0 heterocycles. The molecule has 0 unspecified atom stereocenters. The maximum Gasteiger partial charge on any atom is 0.337 e. The van der Waals surface area contributed by atoms with Crippen molar-refractivity contribution < 1.29 is 17.9 Å². The summed E-state index contributed by atoms with van der Waals surface area (Å²) >= 11 is 0. The number of hydrogen-bond donors (Lipinski definition) is 0. The molecule has 0 bridgehead atoms. The van der Waals surface area contributed by atoms with Gasteiger partial charge in [-0.3, -0.25) is 0 Å². The number of benzene rings is 1. The minimum atomic E-state index is -3.32. The van der Waals surface area contributed by atoms with Crippen molar-refractivity contribution in [2.75, 3.05) is 12.9 Å². The zero-order valence-corrected chi connectivity index (χ0v) is 10.7. The molecule has 0 saturated heterocycles. The third kappa shape index (κ3) is 4.18. The standard InChI is InChI=1S/C12H13NO4S/c1-17-12(14)11-5-2-4-10(8-11)9-18(15,16)7-3-6-13/h2,4-5,8H,3,7,9H2,1H3. The molecule has 6 heteroatoms. The van der Waals surface area contributed by atoms with Crippen LogP contribution in [0, 0.1) is 11.3 Å². The van der Waals surface area contributed by atoms with Gasteiger partial charge in [-0.1, -0.05) is 12.1 Å². The van der Waals surface area contributed by atoms with Gasteiger partial charge in [0.2, 0.25) is 0 Å². The molecule has 0 aliphatic rings. The summed E-state index contributed by atoms with van der Waals surface area (Å²) in [7, 11) is -2.06. The van der Waals surface area contributed by atoms with Crippen LogP contribution in [0.1, 0.15) is 22.3 Å². The zero-order valence-electron chi connectivity index (χ0n) is 9.92. The molecule has 0 N–H and O–H groups in total. The van der Waals surface area contributed by atoms with Crippen LogP contribution in [0.15, 0.2) is 24.3 Å². The Morgan fingerprint density at radius 1 is 1.44 bits per heavy atom. The fraction of sp³-hybridized carbons (Fsp3) is 0.333. The van der Waals surface area contributed by atoms with E-state index in [1.165, 1.54) is 13.2 Å². The van der Waals surface area contributed by atoms with Crippen molar-refractivity contribution in [3.05, 3.63) is 35.4 Å². The van der Waals surface area contributed by atoms with E-state index in [2.05, 4.69) is 4.74 Å². The van der Waals surface area contributed by atoms with Gasteiger partial charge in [-0.05, 0) is 17.7 Å².